The summed E-state index contributed by atoms with van der Waals surface area (Å²) in [5, 5.41) is 6.82. The molecule has 1 aromatic carbocycles. The Morgan fingerprint density at radius 2 is 1.97 bits per heavy atom. The maximum Gasteiger partial charge on any atom is 0.416 e. The summed E-state index contributed by atoms with van der Waals surface area (Å²) < 4.78 is 45.4. The fraction of sp³-hybridized carbons (Fsp3) is 0.100. The highest BCUT2D eigenvalue weighted by Gasteiger charge is 2.31. The third kappa shape index (κ3) is 4.25. The molecule has 0 aliphatic heterocycles. The Morgan fingerprint density at radius 1 is 1.16 bits per heavy atom. The summed E-state index contributed by atoms with van der Waals surface area (Å²) in [6.45, 7) is 1.61. The molecule has 0 saturated heterocycles. The summed E-state index contributed by atoms with van der Waals surface area (Å²) in [4.78, 5) is 31.2. The monoisotopic (exact) mass is 429 g/mol. The maximum atomic E-state index is 13.0. The van der Waals surface area contributed by atoms with E-state index in [1.54, 1.807) is 19.1 Å². The van der Waals surface area contributed by atoms with Crippen molar-refractivity contribution >= 4 is 11.7 Å². The van der Waals surface area contributed by atoms with Gasteiger partial charge >= 0.3 is 6.18 Å². The van der Waals surface area contributed by atoms with Crippen LogP contribution in [0.1, 0.15) is 21.6 Å². The molecule has 3 heterocycles. The average molecular weight is 429 g/mol. The van der Waals surface area contributed by atoms with E-state index in [-0.39, 0.29) is 17.3 Å². The molecule has 4 aromatic rings. The van der Waals surface area contributed by atoms with Crippen LogP contribution in [0.25, 0.3) is 17.4 Å². The van der Waals surface area contributed by atoms with E-state index in [1.807, 2.05) is 0 Å². The maximum absolute atomic E-state index is 13.0. The number of anilines is 1. The molecule has 0 atom stereocenters. The van der Waals surface area contributed by atoms with E-state index in [9.17, 15) is 22.8 Å². The zero-order chi connectivity index (χ0) is 22.2. The second-order valence-corrected chi connectivity index (χ2v) is 6.55. The van der Waals surface area contributed by atoms with Crippen molar-refractivity contribution in [1.29, 1.82) is 0 Å². The Morgan fingerprint density at radius 3 is 2.65 bits per heavy atom. The van der Waals surface area contributed by atoms with Crippen LogP contribution in [0.3, 0.4) is 0 Å². The fourth-order valence-corrected chi connectivity index (χ4v) is 2.87. The first-order chi connectivity index (χ1) is 14.7. The standard InChI is InChI=1S/C20H14F3N5O3/c1-11-8-17(29)26-19(24-11)28-16(10-14(27-28)15-6-3-7-31-15)25-18(30)12-4-2-5-13(9-12)20(21,22)23/h2-10H,1H3,(H,25,30)(H,24,26,29). The highest BCUT2D eigenvalue weighted by atomic mass is 19.4. The second kappa shape index (κ2) is 7.59. The van der Waals surface area contributed by atoms with Gasteiger partial charge in [-0.2, -0.15) is 23.0 Å². The van der Waals surface area contributed by atoms with Crippen LogP contribution in [0.2, 0.25) is 0 Å². The lowest BCUT2D eigenvalue weighted by molar-refractivity contribution is -0.137. The summed E-state index contributed by atoms with van der Waals surface area (Å²) in [6.07, 6.45) is -3.16. The summed E-state index contributed by atoms with van der Waals surface area (Å²) in [7, 11) is 0. The fourth-order valence-electron chi connectivity index (χ4n) is 2.87. The quantitative estimate of drug-likeness (QED) is 0.513. The normalized spacial score (nSPS) is 11.5. The molecule has 8 nitrogen and oxygen atoms in total. The minimum Gasteiger partial charge on any atom is -0.463 e. The van der Waals surface area contributed by atoms with Gasteiger partial charge in [-0.3, -0.25) is 14.6 Å². The molecule has 0 unspecified atom stereocenters. The van der Waals surface area contributed by atoms with Crippen molar-refractivity contribution in [2.75, 3.05) is 5.32 Å². The Labute approximate surface area is 172 Å². The van der Waals surface area contributed by atoms with Crippen LogP contribution >= 0.6 is 0 Å². The van der Waals surface area contributed by atoms with E-state index in [0.29, 0.717) is 17.1 Å². The van der Waals surface area contributed by atoms with Crippen LogP contribution in [-0.2, 0) is 6.18 Å². The Kier molecular flexibility index (Phi) is 4.93. The molecule has 1 amide bonds. The average Bonchev–Trinajstić information content (AvgIpc) is 3.36. The van der Waals surface area contributed by atoms with Gasteiger partial charge in [-0.25, -0.2) is 4.98 Å². The zero-order valence-electron chi connectivity index (χ0n) is 15.9. The van der Waals surface area contributed by atoms with E-state index in [0.717, 1.165) is 22.9 Å². The highest BCUT2D eigenvalue weighted by Crippen LogP contribution is 2.30. The van der Waals surface area contributed by atoms with Crippen molar-refractivity contribution in [2.24, 2.45) is 0 Å². The number of H-pyrrole nitrogens is 1. The predicted molar refractivity (Wildman–Crippen MR) is 104 cm³/mol. The molecule has 0 spiro atoms. The number of aromatic nitrogens is 4. The van der Waals surface area contributed by atoms with Gasteiger partial charge in [0.1, 0.15) is 11.5 Å². The number of nitrogens with one attached hydrogen (secondary N) is 2. The molecule has 0 saturated carbocycles. The minimum absolute atomic E-state index is 0.0159. The Hall–Kier alpha value is -4.15. The zero-order valence-corrected chi connectivity index (χ0v) is 15.9. The molecule has 0 bridgehead atoms. The highest BCUT2D eigenvalue weighted by molar-refractivity contribution is 6.04. The number of nitrogens with zero attached hydrogens (tertiary/aromatic N) is 3. The number of aryl methyl sites for hydroxylation is 1. The molecule has 158 valence electrons. The molecule has 11 heteroatoms. The lowest BCUT2D eigenvalue weighted by Gasteiger charge is -2.10. The van der Waals surface area contributed by atoms with Crippen molar-refractivity contribution in [3.05, 3.63) is 82.0 Å². The lowest BCUT2D eigenvalue weighted by Crippen LogP contribution is -2.19. The van der Waals surface area contributed by atoms with Crippen LogP contribution in [0, 0.1) is 6.92 Å². The van der Waals surface area contributed by atoms with Gasteiger partial charge in [0.15, 0.2) is 5.76 Å². The number of carbonyl (C=O) groups excluding carboxylic acids is 1. The molecule has 4 rings (SSSR count). The number of halogens is 3. The smallest absolute Gasteiger partial charge is 0.416 e. The number of furan rings is 1. The molecular weight excluding hydrogens is 415 g/mol. The first-order valence-corrected chi connectivity index (χ1v) is 8.91. The van der Waals surface area contributed by atoms with Gasteiger partial charge in [0.2, 0.25) is 5.95 Å². The summed E-state index contributed by atoms with van der Waals surface area (Å²) in [5.74, 6) is -0.332. The van der Waals surface area contributed by atoms with Crippen molar-refractivity contribution in [3.63, 3.8) is 0 Å². The third-order valence-electron chi connectivity index (χ3n) is 4.23. The van der Waals surface area contributed by atoms with Crippen molar-refractivity contribution in [1.82, 2.24) is 19.7 Å². The van der Waals surface area contributed by atoms with E-state index in [1.165, 1.54) is 24.5 Å². The van der Waals surface area contributed by atoms with Crippen LogP contribution in [0.15, 0.2) is 64.0 Å². The molecule has 0 aliphatic rings. The number of carbonyl (C=O) groups is 1. The van der Waals surface area contributed by atoms with E-state index < -0.39 is 23.2 Å². The summed E-state index contributed by atoms with van der Waals surface area (Å²) in [5.41, 5.74) is -0.868. The van der Waals surface area contributed by atoms with Gasteiger partial charge in [0, 0.05) is 23.4 Å². The number of hydrogen-bond acceptors (Lipinski definition) is 5. The molecule has 3 aromatic heterocycles. The second-order valence-electron chi connectivity index (χ2n) is 6.55. The van der Waals surface area contributed by atoms with Crippen LogP contribution < -0.4 is 10.9 Å². The molecule has 2 N–H and O–H groups in total. The number of amides is 1. The topological polar surface area (TPSA) is 106 Å². The van der Waals surface area contributed by atoms with Gasteiger partial charge < -0.3 is 9.73 Å². The van der Waals surface area contributed by atoms with Gasteiger partial charge in [0.25, 0.3) is 11.5 Å². The lowest BCUT2D eigenvalue weighted by atomic mass is 10.1. The SMILES string of the molecule is Cc1cc(=O)[nH]c(-n2nc(-c3ccco3)cc2NC(=O)c2cccc(C(F)(F)F)c2)n1. The number of hydrogen-bond donors (Lipinski definition) is 2. The molecular formula is C20H14F3N5O3. The van der Waals surface area contributed by atoms with E-state index in [2.05, 4.69) is 20.4 Å². The molecule has 31 heavy (non-hydrogen) atoms. The van der Waals surface area contributed by atoms with Crippen LogP contribution in [0.5, 0.6) is 0 Å². The largest absolute Gasteiger partial charge is 0.463 e. The van der Waals surface area contributed by atoms with Crippen LogP contribution in [-0.4, -0.2) is 25.7 Å². The predicted octanol–water partition coefficient (Wildman–Crippen LogP) is 3.80. The van der Waals surface area contributed by atoms with Gasteiger partial charge in [-0.1, -0.05) is 6.07 Å². The van der Waals surface area contributed by atoms with Gasteiger partial charge in [-0.15, -0.1) is 0 Å². The molecule has 0 aliphatic carbocycles. The summed E-state index contributed by atoms with van der Waals surface area (Å²) in [6, 6.07) is 10.0. The third-order valence-corrected chi connectivity index (χ3v) is 4.23. The van der Waals surface area contributed by atoms with Crippen molar-refractivity contribution < 1.29 is 22.4 Å². The van der Waals surface area contributed by atoms with Crippen LogP contribution in [0.4, 0.5) is 19.0 Å². The van der Waals surface area contributed by atoms with Gasteiger partial charge in [-0.05, 0) is 37.3 Å². The number of rotatable bonds is 4. The Bertz CT molecular complexity index is 1310. The van der Waals surface area contributed by atoms with Crippen molar-refractivity contribution in [2.45, 2.75) is 13.1 Å². The van der Waals surface area contributed by atoms with Gasteiger partial charge in [0.05, 0.1) is 11.8 Å². The molecule has 0 radical (unpaired) electrons. The number of benzene rings is 1. The van der Waals surface area contributed by atoms with E-state index >= 15 is 0 Å². The minimum atomic E-state index is -4.59. The Balaban J connectivity index is 1.75. The van der Waals surface area contributed by atoms with E-state index in [4.69, 9.17) is 4.42 Å². The molecule has 0 fully saturated rings. The first kappa shape index (κ1) is 20.1. The first-order valence-electron chi connectivity index (χ1n) is 8.91. The summed E-state index contributed by atoms with van der Waals surface area (Å²) >= 11 is 0. The number of alkyl halides is 3. The number of aromatic amines is 1. The van der Waals surface area contributed by atoms with Crippen molar-refractivity contribution in [3.8, 4) is 17.4 Å².